The van der Waals surface area contributed by atoms with Gasteiger partial charge >= 0.3 is 0 Å². The molecule has 0 aromatic heterocycles. The molecule has 2 heteroatoms. The topological polar surface area (TPSA) is 6.48 Å². The minimum atomic E-state index is 0.473. The fourth-order valence-electron chi connectivity index (χ4n) is 2.40. The molecule has 0 aliphatic carbocycles. The van der Waals surface area contributed by atoms with Crippen molar-refractivity contribution in [3.05, 3.63) is 59.7 Å². The summed E-state index contributed by atoms with van der Waals surface area (Å²) in [5, 5.41) is 0. The lowest BCUT2D eigenvalue weighted by atomic mass is 10.1. The van der Waals surface area contributed by atoms with E-state index in [4.69, 9.17) is 0 Å². The number of benzene rings is 2. The Bertz CT molecular complexity index is 553. The highest BCUT2D eigenvalue weighted by Gasteiger charge is 2.11. The molecule has 0 unspecified atom stereocenters. The van der Waals surface area contributed by atoms with Gasteiger partial charge in [-0.05, 0) is 50.6 Å². The summed E-state index contributed by atoms with van der Waals surface area (Å²) in [7, 11) is 4.14. The highest BCUT2D eigenvalue weighted by atomic mass is 15.1. The maximum Gasteiger partial charge on any atom is 0.0432 e. The van der Waals surface area contributed by atoms with Gasteiger partial charge < -0.3 is 9.80 Å². The van der Waals surface area contributed by atoms with E-state index < -0.39 is 0 Å². The maximum atomic E-state index is 2.43. The van der Waals surface area contributed by atoms with Crippen molar-refractivity contribution < 1.29 is 0 Å². The number of rotatable bonds is 5. The van der Waals surface area contributed by atoms with Gasteiger partial charge in [0.15, 0.2) is 0 Å². The van der Waals surface area contributed by atoms with E-state index in [0.29, 0.717) is 6.04 Å². The molecule has 21 heavy (non-hydrogen) atoms. The highest BCUT2D eigenvalue weighted by Crippen LogP contribution is 2.21. The van der Waals surface area contributed by atoms with Crippen molar-refractivity contribution >= 4 is 11.4 Å². The number of nitrogens with zero attached hydrogens (tertiary/aromatic N) is 2. The minimum Gasteiger partial charge on any atom is -0.378 e. The Kier molecular flexibility index (Phi) is 4.89. The summed E-state index contributed by atoms with van der Waals surface area (Å²) < 4.78 is 0. The molecule has 0 saturated heterocycles. The van der Waals surface area contributed by atoms with E-state index in [0.717, 1.165) is 6.54 Å². The summed E-state index contributed by atoms with van der Waals surface area (Å²) in [6.45, 7) is 7.56. The van der Waals surface area contributed by atoms with Crippen LogP contribution in [0, 0.1) is 6.92 Å². The second-order valence-electron chi connectivity index (χ2n) is 6.12. The van der Waals surface area contributed by atoms with Gasteiger partial charge in [-0.25, -0.2) is 0 Å². The van der Waals surface area contributed by atoms with E-state index in [-0.39, 0.29) is 0 Å². The van der Waals surface area contributed by atoms with Gasteiger partial charge in [-0.2, -0.15) is 0 Å². The molecule has 0 spiro atoms. The Hall–Kier alpha value is -1.96. The third-order valence-corrected chi connectivity index (χ3v) is 3.79. The standard InChI is InChI=1S/C19H26N2/c1-15(2)21(19-10-6-16(3)7-11-19)14-17-8-12-18(13-9-17)20(4)5/h6-13,15H,14H2,1-5H3. The SMILES string of the molecule is Cc1ccc(N(Cc2ccc(N(C)C)cc2)C(C)C)cc1. The van der Waals surface area contributed by atoms with Gasteiger partial charge in [0.05, 0.1) is 0 Å². The third-order valence-electron chi connectivity index (χ3n) is 3.79. The van der Waals surface area contributed by atoms with Crippen molar-refractivity contribution in [2.45, 2.75) is 33.4 Å². The minimum absolute atomic E-state index is 0.473. The van der Waals surface area contributed by atoms with Crippen LogP contribution >= 0.6 is 0 Å². The molecule has 0 saturated carbocycles. The average Bonchev–Trinajstić information content (AvgIpc) is 2.46. The number of anilines is 2. The first kappa shape index (κ1) is 15.4. The quantitative estimate of drug-likeness (QED) is 0.798. The lowest BCUT2D eigenvalue weighted by Crippen LogP contribution is -2.30. The maximum absolute atomic E-state index is 2.43. The Balaban J connectivity index is 2.18. The fourth-order valence-corrected chi connectivity index (χ4v) is 2.40. The molecule has 0 N–H and O–H groups in total. The van der Waals surface area contributed by atoms with Crippen LogP contribution in [0.4, 0.5) is 11.4 Å². The zero-order valence-corrected chi connectivity index (χ0v) is 13.8. The van der Waals surface area contributed by atoms with Gasteiger partial charge in [0.25, 0.3) is 0 Å². The third kappa shape index (κ3) is 4.01. The predicted octanol–water partition coefficient (Wildman–Crippen LogP) is 4.48. The largest absolute Gasteiger partial charge is 0.378 e. The van der Waals surface area contributed by atoms with Crippen LogP contribution in [-0.4, -0.2) is 20.1 Å². The Morgan fingerprint density at radius 3 is 1.81 bits per heavy atom. The summed E-state index contributed by atoms with van der Waals surface area (Å²) in [6, 6.07) is 18.1. The first-order valence-corrected chi connectivity index (χ1v) is 7.57. The monoisotopic (exact) mass is 282 g/mol. The molecule has 2 rings (SSSR count). The van der Waals surface area contributed by atoms with Gasteiger partial charge in [0.2, 0.25) is 0 Å². The fraction of sp³-hybridized carbons (Fsp3) is 0.368. The molecular formula is C19H26N2. The van der Waals surface area contributed by atoms with E-state index in [1.165, 1.54) is 22.5 Å². The van der Waals surface area contributed by atoms with Gasteiger partial charge in [0, 0.05) is 38.1 Å². The number of hydrogen-bond donors (Lipinski definition) is 0. The number of aryl methyl sites for hydroxylation is 1. The average molecular weight is 282 g/mol. The van der Waals surface area contributed by atoms with Crippen molar-refractivity contribution in [2.75, 3.05) is 23.9 Å². The van der Waals surface area contributed by atoms with E-state index in [1.54, 1.807) is 0 Å². The molecule has 0 bridgehead atoms. The second kappa shape index (κ2) is 6.66. The van der Waals surface area contributed by atoms with Gasteiger partial charge in [-0.3, -0.25) is 0 Å². The van der Waals surface area contributed by atoms with E-state index in [2.05, 4.69) is 93.2 Å². The molecule has 2 aromatic carbocycles. The summed E-state index contributed by atoms with van der Waals surface area (Å²) in [4.78, 5) is 4.56. The van der Waals surface area contributed by atoms with Crippen LogP contribution in [0.2, 0.25) is 0 Å². The van der Waals surface area contributed by atoms with E-state index >= 15 is 0 Å². The smallest absolute Gasteiger partial charge is 0.0432 e. The summed E-state index contributed by atoms with van der Waals surface area (Å²) in [6.07, 6.45) is 0. The predicted molar refractivity (Wildman–Crippen MR) is 93.3 cm³/mol. The molecule has 0 fully saturated rings. The molecule has 0 aliphatic heterocycles. The molecule has 2 aromatic rings. The van der Waals surface area contributed by atoms with Gasteiger partial charge in [0.1, 0.15) is 0 Å². The lowest BCUT2D eigenvalue weighted by Gasteiger charge is -2.29. The van der Waals surface area contributed by atoms with Crippen LogP contribution in [-0.2, 0) is 6.54 Å². The Morgan fingerprint density at radius 2 is 1.33 bits per heavy atom. The van der Waals surface area contributed by atoms with Gasteiger partial charge in [-0.1, -0.05) is 29.8 Å². The van der Waals surface area contributed by atoms with Crippen LogP contribution in [0.5, 0.6) is 0 Å². The molecule has 112 valence electrons. The number of hydrogen-bond acceptors (Lipinski definition) is 2. The van der Waals surface area contributed by atoms with Crippen LogP contribution in [0.15, 0.2) is 48.5 Å². The van der Waals surface area contributed by atoms with Crippen LogP contribution in [0.1, 0.15) is 25.0 Å². The second-order valence-corrected chi connectivity index (χ2v) is 6.12. The Labute approximate surface area is 129 Å². The van der Waals surface area contributed by atoms with Crippen molar-refractivity contribution in [3.8, 4) is 0 Å². The van der Waals surface area contributed by atoms with Crippen LogP contribution in [0.25, 0.3) is 0 Å². The van der Waals surface area contributed by atoms with Gasteiger partial charge in [-0.15, -0.1) is 0 Å². The summed E-state index contributed by atoms with van der Waals surface area (Å²) >= 11 is 0. The van der Waals surface area contributed by atoms with Crippen molar-refractivity contribution in [2.24, 2.45) is 0 Å². The molecule has 0 heterocycles. The molecule has 2 nitrogen and oxygen atoms in total. The zero-order valence-electron chi connectivity index (χ0n) is 13.8. The molecule has 0 radical (unpaired) electrons. The summed E-state index contributed by atoms with van der Waals surface area (Å²) in [5.41, 5.74) is 5.17. The molecular weight excluding hydrogens is 256 g/mol. The van der Waals surface area contributed by atoms with Crippen LogP contribution in [0.3, 0.4) is 0 Å². The van der Waals surface area contributed by atoms with Crippen molar-refractivity contribution in [1.29, 1.82) is 0 Å². The van der Waals surface area contributed by atoms with E-state index in [9.17, 15) is 0 Å². The zero-order chi connectivity index (χ0) is 15.4. The summed E-state index contributed by atoms with van der Waals surface area (Å²) in [5.74, 6) is 0. The normalized spacial score (nSPS) is 10.8. The highest BCUT2D eigenvalue weighted by molar-refractivity contribution is 5.50. The van der Waals surface area contributed by atoms with Crippen molar-refractivity contribution in [3.63, 3.8) is 0 Å². The van der Waals surface area contributed by atoms with Crippen molar-refractivity contribution in [1.82, 2.24) is 0 Å². The molecule has 0 amide bonds. The Morgan fingerprint density at radius 1 is 0.810 bits per heavy atom. The van der Waals surface area contributed by atoms with E-state index in [1.807, 2.05) is 0 Å². The first-order valence-electron chi connectivity index (χ1n) is 7.57. The first-order chi connectivity index (χ1) is 9.97. The van der Waals surface area contributed by atoms with Crippen LogP contribution < -0.4 is 9.80 Å². The lowest BCUT2D eigenvalue weighted by molar-refractivity contribution is 0.682. The molecule has 0 atom stereocenters. The molecule has 0 aliphatic rings.